The van der Waals surface area contributed by atoms with Gasteiger partial charge in [-0.1, -0.05) is 30.3 Å². The molecule has 0 bridgehead atoms. The predicted molar refractivity (Wildman–Crippen MR) is 100 cm³/mol. The number of fused-ring (bicyclic) bond motifs is 1. The number of benzene rings is 2. The molecule has 0 aliphatic rings. The van der Waals surface area contributed by atoms with Crippen molar-refractivity contribution in [3.8, 4) is 5.75 Å². The molecule has 1 N–H and O–H groups in total. The number of rotatable bonds is 7. The Hall–Kier alpha value is -2.66. The van der Waals surface area contributed by atoms with Crippen molar-refractivity contribution in [1.29, 1.82) is 0 Å². The summed E-state index contributed by atoms with van der Waals surface area (Å²) in [5.74, 6) is 0.909. The average molecular weight is 337 g/mol. The van der Waals surface area contributed by atoms with E-state index in [1.807, 2.05) is 42.5 Å². The molecule has 0 radical (unpaired) electrons. The van der Waals surface area contributed by atoms with Crippen molar-refractivity contribution < 1.29 is 4.74 Å². The third-order valence-corrected chi connectivity index (χ3v) is 4.28. The number of para-hydroxylation sites is 2. The molecule has 0 fully saturated rings. The Bertz CT molecular complexity index is 905. The second-order valence-electron chi connectivity index (χ2n) is 6.14. The Labute approximate surface area is 147 Å². The van der Waals surface area contributed by atoms with Crippen LogP contribution < -0.4 is 15.6 Å². The number of nitrogens with one attached hydrogen (secondary N) is 1. The molecule has 2 aromatic carbocycles. The van der Waals surface area contributed by atoms with Gasteiger partial charge in [-0.3, -0.25) is 9.36 Å². The van der Waals surface area contributed by atoms with Crippen LogP contribution in [0.1, 0.15) is 12.5 Å². The molecule has 0 aliphatic carbocycles. The van der Waals surface area contributed by atoms with Gasteiger partial charge in [-0.15, -0.1) is 0 Å². The Balaban J connectivity index is 1.60. The van der Waals surface area contributed by atoms with Gasteiger partial charge in [0.1, 0.15) is 5.75 Å². The first-order chi connectivity index (χ1) is 12.2. The first-order valence-electron chi connectivity index (χ1n) is 8.48. The molecule has 0 spiro atoms. The number of hydrogen-bond acceptors (Lipinski definition) is 4. The normalized spacial score (nSPS) is 12.2. The van der Waals surface area contributed by atoms with Crippen molar-refractivity contribution >= 4 is 10.9 Å². The summed E-state index contributed by atoms with van der Waals surface area (Å²) >= 11 is 0. The molecule has 1 heterocycles. The SMILES string of the molecule is COc1ccccc1CCNC(C)Cn1cnc2ccccc2c1=O. The Morgan fingerprint density at radius 2 is 1.92 bits per heavy atom. The van der Waals surface area contributed by atoms with Crippen molar-refractivity contribution in [2.24, 2.45) is 0 Å². The molecular formula is C20H23N3O2. The lowest BCUT2D eigenvalue weighted by Crippen LogP contribution is -2.35. The van der Waals surface area contributed by atoms with Crippen LogP contribution in [-0.2, 0) is 13.0 Å². The number of methoxy groups -OCH3 is 1. The highest BCUT2D eigenvalue weighted by atomic mass is 16.5. The van der Waals surface area contributed by atoms with Crippen molar-refractivity contribution in [3.63, 3.8) is 0 Å². The number of ether oxygens (including phenoxy) is 1. The predicted octanol–water partition coefficient (Wildman–Crippen LogP) is 2.63. The molecule has 1 unspecified atom stereocenters. The van der Waals surface area contributed by atoms with E-state index in [-0.39, 0.29) is 11.6 Å². The summed E-state index contributed by atoms with van der Waals surface area (Å²) in [7, 11) is 1.69. The van der Waals surface area contributed by atoms with Gasteiger partial charge in [-0.2, -0.15) is 0 Å². The highest BCUT2D eigenvalue weighted by molar-refractivity contribution is 5.76. The number of nitrogens with zero attached hydrogens (tertiary/aromatic N) is 2. The van der Waals surface area contributed by atoms with Crippen LogP contribution in [0.3, 0.4) is 0 Å². The van der Waals surface area contributed by atoms with E-state index in [2.05, 4.69) is 23.3 Å². The van der Waals surface area contributed by atoms with Gasteiger partial charge >= 0.3 is 0 Å². The van der Waals surface area contributed by atoms with E-state index in [1.165, 1.54) is 5.56 Å². The van der Waals surface area contributed by atoms with Crippen LogP contribution >= 0.6 is 0 Å². The van der Waals surface area contributed by atoms with Crippen LogP contribution in [0.25, 0.3) is 10.9 Å². The van der Waals surface area contributed by atoms with E-state index >= 15 is 0 Å². The Kier molecular flexibility index (Phi) is 5.46. The molecule has 0 saturated heterocycles. The van der Waals surface area contributed by atoms with E-state index < -0.39 is 0 Å². The topological polar surface area (TPSA) is 56.1 Å². The largest absolute Gasteiger partial charge is 0.496 e. The summed E-state index contributed by atoms with van der Waals surface area (Å²) in [6.07, 6.45) is 2.50. The molecule has 0 amide bonds. The van der Waals surface area contributed by atoms with Gasteiger partial charge in [0, 0.05) is 12.6 Å². The van der Waals surface area contributed by atoms with Gasteiger partial charge in [0.2, 0.25) is 0 Å². The molecular weight excluding hydrogens is 314 g/mol. The fraction of sp³-hybridized carbons (Fsp3) is 0.300. The summed E-state index contributed by atoms with van der Waals surface area (Å²) in [5, 5.41) is 4.12. The lowest BCUT2D eigenvalue weighted by Gasteiger charge is -2.16. The minimum atomic E-state index is 0.00368. The van der Waals surface area contributed by atoms with Crippen LogP contribution in [0, 0.1) is 0 Å². The van der Waals surface area contributed by atoms with E-state index in [4.69, 9.17) is 4.74 Å². The zero-order valence-electron chi connectivity index (χ0n) is 14.6. The van der Waals surface area contributed by atoms with Crippen LogP contribution in [0.5, 0.6) is 5.75 Å². The molecule has 3 aromatic rings. The first kappa shape index (κ1) is 17.2. The maximum Gasteiger partial charge on any atom is 0.261 e. The van der Waals surface area contributed by atoms with E-state index in [0.29, 0.717) is 11.9 Å². The van der Waals surface area contributed by atoms with Crippen LogP contribution in [-0.4, -0.2) is 29.2 Å². The minimum Gasteiger partial charge on any atom is -0.496 e. The molecule has 1 aromatic heterocycles. The summed E-state index contributed by atoms with van der Waals surface area (Å²) in [6, 6.07) is 15.6. The zero-order chi connectivity index (χ0) is 17.6. The molecule has 130 valence electrons. The third-order valence-electron chi connectivity index (χ3n) is 4.28. The van der Waals surface area contributed by atoms with Gasteiger partial charge in [0.15, 0.2) is 0 Å². The molecule has 1 atom stereocenters. The van der Waals surface area contributed by atoms with Crippen LogP contribution in [0.15, 0.2) is 59.7 Å². The molecule has 3 rings (SSSR count). The van der Waals surface area contributed by atoms with E-state index in [1.54, 1.807) is 18.0 Å². The second kappa shape index (κ2) is 7.94. The molecule has 5 heteroatoms. The van der Waals surface area contributed by atoms with Gasteiger partial charge in [-0.25, -0.2) is 4.98 Å². The minimum absolute atomic E-state index is 0.00368. The van der Waals surface area contributed by atoms with Gasteiger partial charge in [0.05, 0.1) is 24.3 Å². The maximum absolute atomic E-state index is 12.5. The molecule has 0 aliphatic heterocycles. The molecule has 25 heavy (non-hydrogen) atoms. The van der Waals surface area contributed by atoms with Crippen molar-refractivity contribution in [2.45, 2.75) is 25.9 Å². The van der Waals surface area contributed by atoms with Gasteiger partial charge < -0.3 is 10.1 Å². The van der Waals surface area contributed by atoms with E-state index in [0.717, 1.165) is 24.2 Å². The second-order valence-corrected chi connectivity index (χ2v) is 6.14. The van der Waals surface area contributed by atoms with Gasteiger partial charge in [-0.05, 0) is 43.7 Å². The monoisotopic (exact) mass is 337 g/mol. The quantitative estimate of drug-likeness (QED) is 0.720. The molecule has 0 saturated carbocycles. The number of hydrogen-bond donors (Lipinski definition) is 1. The fourth-order valence-corrected chi connectivity index (χ4v) is 2.96. The summed E-state index contributed by atoms with van der Waals surface area (Å²) in [6.45, 7) is 3.48. The zero-order valence-corrected chi connectivity index (χ0v) is 14.6. The Morgan fingerprint density at radius 1 is 1.16 bits per heavy atom. The highest BCUT2D eigenvalue weighted by Gasteiger charge is 2.08. The summed E-state index contributed by atoms with van der Waals surface area (Å²) < 4.78 is 7.04. The van der Waals surface area contributed by atoms with Crippen molar-refractivity contribution in [2.75, 3.05) is 13.7 Å². The van der Waals surface area contributed by atoms with Crippen LogP contribution in [0.4, 0.5) is 0 Å². The van der Waals surface area contributed by atoms with Crippen molar-refractivity contribution in [3.05, 3.63) is 70.8 Å². The highest BCUT2D eigenvalue weighted by Crippen LogP contribution is 2.17. The summed E-state index contributed by atoms with van der Waals surface area (Å²) in [5.41, 5.74) is 1.92. The standard InChI is InChI=1S/C20H23N3O2/c1-15(21-12-11-16-7-3-6-10-19(16)25-2)13-23-14-22-18-9-5-4-8-17(18)20(23)24/h3-10,14-15,21H,11-13H2,1-2H3. The Morgan fingerprint density at radius 3 is 2.76 bits per heavy atom. The lowest BCUT2D eigenvalue weighted by molar-refractivity contribution is 0.407. The fourth-order valence-electron chi connectivity index (χ4n) is 2.96. The smallest absolute Gasteiger partial charge is 0.261 e. The van der Waals surface area contributed by atoms with Crippen LogP contribution in [0.2, 0.25) is 0 Å². The summed E-state index contributed by atoms with van der Waals surface area (Å²) in [4.78, 5) is 16.9. The first-order valence-corrected chi connectivity index (χ1v) is 8.48. The maximum atomic E-state index is 12.5. The third kappa shape index (κ3) is 4.06. The lowest BCUT2D eigenvalue weighted by atomic mass is 10.1. The molecule has 5 nitrogen and oxygen atoms in total. The van der Waals surface area contributed by atoms with Gasteiger partial charge in [0.25, 0.3) is 5.56 Å². The number of aromatic nitrogens is 2. The average Bonchev–Trinajstić information content (AvgIpc) is 2.64. The van der Waals surface area contributed by atoms with E-state index in [9.17, 15) is 4.79 Å². The van der Waals surface area contributed by atoms with Crippen molar-refractivity contribution in [1.82, 2.24) is 14.9 Å².